The van der Waals surface area contributed by atoms with Gasteiger partial charge in [-0.1, -0.05) is 55.5 Å². The minimum absolute atomic E-state index is 0.641. The highest BCUT2D eigenvalue weighted by Gasteiger charge is 2.16. The summed E-state index contributed by atoms with van der Waals surface area (Å²) < 4.78 is 6.28. The van der Waals surface area contributed by atoms with Crippen molar-refractivity contribution in [3.05, 3.63) is 96.0 Å². The van der Waals surface area contributed by atoms with Crippen LogP contribution in [0.4, 0.5) is 5.69 Å². The van der Waals surface area contributed by atoms with Crippen LogP contribution in [0.2, 0.25) is 0 Å². The smallest absolute Gasteiger partial charge is 0.187 e. The van der Waals surface area contributed by atoms with E-state index in [9.17, 15) is 0 Å². The molecular formula is C26H18N2O. The number of rotatable bonds is 3. The van der Waals surface area contributed by atoms with Crippen molar-refractivity contribution in [2.45, 2.75) is 13.3 Å². The Bertz CT molecular complexity index is 1390. The topological polar surface area (TPSA) is 30.4 Å². The lowest BCUT2D eigenvalue weighted by Crippen LogP contribution is -1.89. The zero-order chi connectivity index (χ0) is 19.8. The number of hydrogen-bond acceptors (Lipinski definition) is 2. The number of aromatic nitrogens is 1. The lowest BCUT2D eigenvalue weighted by molar-refractivity contribution is 0.669. The van der Waals surface area contributed by atoms with Gasteiger partial charge < -0.3 is 4.42 Å². The molecule has 0 radical (unpaired) electrons. The van der Waals surface area contributed by atoms with Crippen LogP contribution in [0, 0.1) is 6.57 Å². The molecule has 3 aromatic carbocycles. The largest absolute Gasteiger partial charge is 0.455 e. The van der Waals surface area contributed by atoms with E-state index in [1.54, 1.807) is 0 Å². The fourth-order valence-corrected chi connectivity index (χ4v) is 3.88. The molecule has 0 atom stereocenters. The number of nitrogens with zero attached hydrogens (tertiary/aromatic N) is 2. The first-order chi connectivity index (χ1) is 14.3. The van der Waals surface area contributed by atoms with Gasteiger partial charge in [-0.3, -0.25) is 4.98 Å². The highest BCUT2D eigenvalue weighted by molar-refractivity contribution is 6.11. The molecule has 0 bridgehead atoms. The highest BCUT2D eigenvalue weighted by Crippen LogP contribution is 2.38. The third-order valence-corrected chi connectivity index (χ3v) is 5.36. The second-order valence-corrected chi connectivity index (χ2v) is 7.02. The molecule has 0 N–H and O–H groups in total. The minimum atomic E-state index is 0.641. The van der Waals surface area contributed by atoms with E-state index in [0.29, 0.717) is 5.69 Å². The van der Waals surface area contributed by atoms with Crippen LogP contribution in [0.1, 0.15) is 12.5 Å². The Kier molecular flexibility index (Phi) is 4.11. The Labute approximate surface area is 169 Å². The first-order valence-electron chi connectivity index (χ1n) is 9.66. The van der Waals surface area contributed by atoms with Crippen LogP contribution in [0.25, 0.3) is 49.2 Å². The zero-order valence-electron chi connectivity index (χ0n) is 16.0. The van der Waals surface area contributed by atoms with Gasteiger partial charge >= 0.3 is 0 Å². The van der Waals surface area contributed by atoms with Gasteiger partial charge in [0.25, 0.3) is 0 Å². The van der Waals surface area contributed by atoms with Crippen LogP contribution in [0.3, 0.4) is 0 Å². The first-order valence-corrected chi connectivity index (χ1v) is 9.66. The predicted molar refractivity (Wildman–Crippen MR) is 118 cm³/mol. The molecule has 29 heavy (non-hydrogen) atoms. The van der Waals surface area contributed by atoms with Gasteiger partial charge in [-0.05, 0) is 47.4 Å². The van der Waals surface area contributed by atoms with Crippen molar-refractivity contribution >= 4 is 27.6 Å². The number of aryl methyl sites for hydroxylation is 1. The van der Waals surface area contributed by atoms with Gasteiger partial charge in [0.1, 0.15) is 11.2 Å². The number of para-hydroxylation sites is 1. The first kappa shape index (κ1) is 17.2. The monoisotopic (exact) mass is 374 g/mol. The quantitative estimate of drug-likeness (QED) is 0.307. The second kappa shape index (κ2) is 6.92. The molecule has 0 saturated carbocycles. The molecule has 0 aliphatic heterocycles. The lowest BCUT2D eigenvalue weighted by atomic mass is 9.98. The summed E-state index contributed by atoms with van der Waals surface area (Å²) in [4.78, 5) is 8.10. The Morgan fingerprint density at radius 1 is 0.931 bits per heavy atom. The summed E-state index contributed by atoms with van der Waals surface area (Å²) in [5, 5.41) is 2.32. The molecular weight excluding hydrogens is 356 g/mol. The minimum Gasteiger partial charge on any atom is -0.455 e. The van der Waals surface area contributed by atoms with Gasteiger partial charge in [0.05, 0.1) is 12.3 Å². The summed E-state index contributed by atoms with van der Waals surface area (Å²) in [6, 6.07) is 24.2. The van der Waals surface area contributed by atoms with Gasteiger partial charge in [0.2, 0.25) is 0 Å². The van der Waals surface area contributed by atoms with Gasteiger partial charge in [0.15, 0.2) is 5.69 Å². The van der Waals surface area contributed by atoms with E-state index in [0.717, 1.165) is 45.4 Å². The summed E-state index contributed by atoms with van der Waals surface area (Å²) >= 11 is 0. The van der Waals surface area contributed by atoms with Crippen LogP contribution in [-0.2, 0) is 6.42 Å². The fourth-order valence-electron chi connectivity index (χ4n) is 3.88. The SMILES string of the molecule is [C-]#[N+]c1ccc(-c2ccnc(-c3ccc(CC)c4c3oc3ccccc34)c2)cc1. The van der Waals surface area contributed by atoms with Gasteiger partial charge in [-0.15, -0.1) is 0 Å². The van der Waals surface area contributed by atoms with Gasteiger partial charge in [0, 0.05) is 22.5 Å². The average molecular weight is 374 g/mol. The molecule has 5 rings (SSSR count). The standard InChI is InChI=1S/C26H18N2O/c1-3-17-10-13-21(26-25(17)22-6-4-5-7-24(22)29-26)23-16-19(14-15-28-23)18-8-11-20(27-2)12-9-18/h4-16H,3H2,1H3. The average Bonchev–Trinajstić information content (AvgIpc) is 3.18. The molecule has 0 unspecified atom stereocenters. The van der Waals surface area contributed by atoms with Crippen molar-refractivity contribution in [2.24, 2.45) is 0 Å². The van der Waals surface area contributed by atoms with E-state index in [1.807, 2.05) is 48.7 Å². The summed E-state index contributed by atoms with van der Waals surface area (Å²) in [6.07, 6.45) is 2.77. The predicted octanol–water partition coefficient (Wildman–Crippen LogP) is 7.43. The maximum Gasteiger partial charge on any atom is 0.187 e. The molecule has 138 valence electrons. The van der Waals surface area contributed by atoms with Crippen LogP contribution < -0.4 is 0 Å². The molecule has 3 nitrogen and oxygen atoms in total. The number of pyridine rings is 1. The summed E-state index contributed by atoms with van der Waals surface area (Å²) in [5.41, 5.74) is 7.70. The zero-order valence-corrected chi connectivity index (χ0v) is 16.0. The van der Waals surface area contributed by atoms with Gasteiger partial charge in [-0.2, -0.15) is 0 Å². The van der Waals surface area contributed by atoms with Gasteiger partial charge in [-0.25, -0.2) is 4.85 Å². The number of fused-ring (bicyclic) bond motifs is 3. The van der Waals surface area contributed by atoms with Crippen LogP contribution >= 0.6 is 0 Å². The molecule has 0 aliphatic carbocycles. The summed E-state index contributed by atoms with van der Waals surface area (Å²) in [5.74, 6) is 0. The molecule has 2 aromatic heterocycles. The fraction of sp³-hybridized carbons (Fsp3) is 0.0769. The van der Waals surface area contributed by atoms with E-state index in [1.165, 1.54) is 10.9 Å². The van der Waals surface area contributed by atoms with E-state index in [4.69, 9.17) is 11.0 Å². The van der Waals surface area contributed by atoms with E-state index < -0.39 is 0 Å². The Hall–Kier alpha value is -3.90. The number of benzene rings is 3. The van der Waals surface area contributed by atoms with Crippen molar-refractivity contribution in [1.29, 1.82) is 0 Å². The van der Waals surface area contributed by atoms with Crippen LogP contribution in [-0.4, -0.2) is 4.98 Å². The Morgan fingerprint density at radius 2 is 1.76 bits per heavy atom. The van der Waals surface area contributed by atoms with Crippen LogP contribution in [0.5, 0.6) is 0 Å². The van der Waals surface area contributed by atoms with E-state index in [-0.39, 0.29) is 0 Å². The number of furan rings is 1. The Morgan fingerprint density at radius 3 is 2.55 bits per heavy atom. The maximum absolute atomic E-state index is 7.13. The van der Waals surface area contributed by atoms with Crippen molar-refractivity contribution in [3.63, 3.8) is 0 Å². The van der Waals surface area contributed by atoms with Crippen molar-refractivity contribution in [2.75, 3.05) is 0 Å². The third-order valence-electron chi connectivity index (χ3n) is 5.36. The molecule has 0 saturated heterocycles. The molecule has 5 aromatic rings. The molecule has 0 spiro atoms. The highest BCUT2D eigenvalue weighted by atomic mass is 16.3. The van der Waals surface area contributed by atoms with Crippen molar-refractivity contribution < 1.29 is 4.42 Å². The van der Waals surface area contributed by atoms with E-state index in [2.05, 4.69) is 47.1 Å². The van der Waals surface area contributed by atoms with Crippen molar-refractivity contribution in [3.8, 4) is 22.4 Å². The second-order valence-electron chi connectivity index (χ2n) is 7.02. The molecule has 3 heteroatoms. The molecule has 0 fully saturated rings. The molecule has 2 heterocycles. The van der Waals surface area contributed by atoms with E-state index >= 15 is 0 Å². The Balaban J connectivity index is 1.71. The van der Waals surface area contributed by atoms with Crippen molar-refractivity contribution in [1.82, 2.24) is 4.98 Å². The molecule has 0 aliphatic rings. The summed E-state index contributed by atoms with van der Waals surface area (Å²) in [7, 11) is 0. The third kappa shape index (κ3) is 2.86. The molecule has 0 amide bonds. The normalized spacial score (nSPS) is 11.0. The lowest BCUT2D eigenvalue weighted by Gasteiger charge is -2.08. The van der Waals surface area contributed by atoms with Crippen LogP contribution in [0.15, 0.2) is 83.4 Å². The maximum atomic E-state index is 7.13. The summed E-state index contributed by atoms with van der Waals surface area (Å²) in [6.45, 7) is 9.29. The number of hydrogen-bond donors (Lipinski definition) is 0.